The van der Waals surface area contributed by atoms with Gasteiger partial charge < -0.3 is 41.3 Å². The number of aromatic nitrogens is 2. The number of ether oxygens (including phenoxy) is 1. The number of carbonyl (C=O) groups is 2. The molecule has 3 saturated heterocycles. The van der Waals surface area contributed by atoms with E-state index in [9.17, 15) is 14.7 Å². The molecule has 2 unspecified atom stereocenters. The third-order valence-electron chi connectivity index (χ3n) is 8.54. The number of hydrogen-bond acceptors (Lipinski definition) is 8. The summed E-state index contributed by atoms with van der Waals surface area (Å²) in [7, 11) is 0. The van der Waals surface area contributed by atoms with Crippen molar-refractivity contribution in [1.82, 2.24) is 41.7 Å². The van der Waals surface area contributed by atoms with E-state index in [-0.39, 0.29) is 42.0 Å². The second kappa shape index (κ2) is 9.58. The molecule has 0 aliphatic carbocycles. The maximum absolute atomic E-state index is 13.5. The van der Waals surface area contributed by atoms with Crippen molar-refractivity contribution >= 4 is 23.7 Å². The zero-order valence-electron chi connectivity index (χ0n) is 23.0. The van der Waals surface area contributed by atoms with Crippen molar-refractivity contribution in [3.63, 3.8) is 0 Å². The van der Waals surface area contributed by atoms with Gasteiger partial charge in [0.1, 0.15) is 11.9 Å². The van der Waals surface area contributed by atoms with Gasteiger partial charge in [0.15, 0.2) is 23.3 Å². The maximum Gasteiger partial charge on any atom is 0.271 e. The number of benzene rings is 1. The van der Waals surface area contributed by atoms with Crippen LogP contribution in [0.5, 0.6) is 5.75 Å². The number of rotatable bonds is 5. The van der Waals surface area contributed by atoms with Gasteiger partial charge in [0.2, 0.25) is 0 Å². The van der Waals surface area contributed by atoms with Crippen molar-refractivity contribution in [1.29, 1.82) is 10.8 Å². The molecule has 41 heavy (non-hydrogen) atoms. The van der Waals surface area contributed by atoms with Crippen molar-refractivity contribution in [2.45, 2.75) is 62.5 Å². The van der Waals surface area contributed by atoms with E-state index < -0.39 is 35.8 Å². The van der Waals surface area contributed by atoms with E-state index in [1.807, 2.05) is 12.1 Å². The average Bonchev–Trinajstić information content (AvgIpc) is 3.43. The van der Waals surface area contributed by atoms with Gasteiger partial charge in [-0.2, -0.15) is 5.10 Å². The number of carbonyl (C=O) groups excluding carboxylic acids is 2. The predicted molar refractivity (Wildman–Crippen MR) is 148 cm³/mol. The molecule has 216 valence electrons. The highest BCUT2D eigenvalue weighted by molar-refractivity contribution is 5.98. The Balaban J connectivity index is 1.22. The number of aryl methyl sites for hydroxylation is 1. The Hall–Kier alpha value is -4.46. The van der Waals surface area contributed by atoms with Crippen LogP contribution in [0.2, 0.25) is 0 Å². The molecular weight excluding hydrogens is 528 g/mol. The van der Waals surface area contributed by atoms with Gasteiger partial charge in [-0.05, 0) is 37.0 Å². The average molecular weight is 563 g/mol. The van der Waals surface area contributed by atoms with E-state index in [1.54, 1.807) is 30.0 Å². The first-order valence-electron chi connectivity index (χ1n) is 13.6. The highest BCUT2D eigenvalue weighted by atomic mass is 16.5. The van der Waals surface area contributed by atoms with Crippen LogP contribution in [-0.2, 0) is 5.41 Å². The maximum atomic E-state index is 13.5. The molecule has 8 N–H and O–H groups in total. The van der Waals surface area contributed by atoms with Gasteiger partial charge in [0, 0.05) is 18.7 Å². The van der Waals surface area contributed by atoms with Gasteiger partial charge in [0.25, 0.3) is 11.8 Å². The fourth-order valence-electron chi connectivity index (χ4n) is 6.31. The molecule has 0 bridgehead atoms. The Labute approximate surface area is 236 Å². The van der Waals surface area contributed by atoms with E-state index in [2.05, 4.69) is 50.6 Å². The van der Waals surface area contributed by atoms with E-state index in [0.29, 0.717) is 23.6 Å². The molecular formula is C27H34N10O4. The van der Waals surface area contributed by atoms with Crippen LogP contribution in [0.15, 0.2) is 30.3 Å². The lowest BCUT2D eigenvalue weighted by Gasteiger charge is -2.49. The van der Waals surface area contributed by atoms with Crippen LogP contribution in [-0.4, -0.2) is 93.5 Å². The minimum absolute atomic E-state index is 0.00222. The number of aliphatic hydroxyl groups excluding tert-OH is 1. The molecule has 14 nitrogen and oxygen atoms in total. The van der Waals surface area contributed by atoms with Crippen molar-refractivity contribution in [2.75, 3.05) is 19.7 Å². The standard InChI is InChI=1S/C27H34N10O4/c1-13-7-8-16(36-35-13)23(40)30-11-17-20-27(34-24(28)33-20)21(38)18(12-37(27)25(29)32-17)31-22(39)14-5-4-6-15-19(14)41-10-9-26(15,2)3/h4-8,17-18,20-21,38H,9-12H2,1-3H3,(H2,29,32)(H,30,40)(H,31,39)(H3,28,33,34)/t17-,18?,20-,21+,27?/m0/s1. The number of hydrogen-bond donors (Lipinski definition) is 8. The molecule has 1 aromatic carbocycles. The summed E-state index contributed by atoms with van der Waals surface area (Å²) in [5.74, 6) is -0.306. The summed E-state index contributed by atoms with van der Waals surface area (Å²) < 4.78 is 5.92. The summed E-state index contributed by atoms with van der Waals surface area (Å²) in [6, 6.07) is 6.80. The first-order valence-corrected chi connectivity index (χ1v) is 13.6. The molecule has 2 amide bonds. The van der Waals surface area contributed by atoms with Gasteiger partial charge in [-0.1, -0.05) is 26.0 Å². The molecule has 1 aromatic heterocycles. The van der Waals surface area contributed by atoms with Gasteiger partial charge in [-0.25, -0.2) is 0 Å². The zero-order chi connectivity index (χ0) is 29.1. The van der Waals surface area contributed by atoms with Crippen LogP contribution in [0.25, 0.3) is 0 Å². The number of nitrogens with zero attached hydrogens (tertiary/aromatic N) is 3. The molecule has 6 rings (SSSR count). The van der Waals surface area contributed by atoms with E-state index in [4.69, 9.17) is 15.6 Å². The second-order valence-corrected chi connectivity index (χ2v) is 11.6. The molecule has 4 aliphatic rings. The monoisotopic (exact) mass is 562 g/mol. The Morgan fingerprint density at radius 3 is 2.73 bits per heavy atom. The first kappa shape index (κ1) is 26.7. The van der Waals surface area contributed by atoms with Crippen LogP contribution >= 0.6 is 0 Å². The number of para-hydroxylation sites is 1. The summed E-state index contributed by atoms with van der Waals surface area (Å²) >= 11 is 0. The van der Waals surface area contributed by atoms with Crippen LogP contribution in [0.3, 0.4) is 0 Å². The normalized spacial score (nSPS) is 29.1. The van der Waals surface area contributed by atoms with Crippen molar-refractivity contribution in [2.24, 2.45) is 0 Å². The molecule has 1 spiro atoms. The van der Waals surface area contributed by atoms with E-state index >= 15 is 0 Å². The second-order valence-electron chi connectivity index (χ2n) is 11.6. The van der Waals surface area contributed by atoms with E-state index in [1.165, 1.54) is 0 Å². The number of amides is 2. The zero-order valence-corrected chi connectivity index (χ0v) is 23.0. The van der Waals surface area contributed by atoms with Gasteiger partial charge in [-0.3, -0.25) is 20.4 Å². The number of nitrogens with one attached hydrogen (secondary N) is 7. The third-order valence-corrected chi connectivity index (χ3v) is 8.54. The van der Waals surface area contributed by atoms with Crippen LogP contribution < -0.4 is 31.3 Å². The Kier molecular flexibility index (Phi) is 6.25. The molecule has 0 saturated carbocycles. The topological polar surface area (TPSA) is 200 Å². The van der Waals surface area contributed by atoms with Crippen molar-refractivity contribution < 1.29 is 19.4 Å². The number of fused-ring (bicyclic) bond motifs is 1. The number of guanidine groups is 2. The van der Waals surface area contributed by atoms with Crippen LogP contribution in [0.1, 0.15) is 52.4 Å². The first-order chi connectivity index (χ1) is 19.5. The van der Waals surface area contributed by atoms with E-state index in [0.717, 1.165) is 12.0 Å². The van der Waals surface area contributed by atoms with Gasteiger partial charge in [0.05, 0.1) is 36.0 Å². The van der Waals surface area contributed by atoms with Gasteiger partial charge in [-0.15, -0.1) is 5.10 Å². The molecule has 3 fully saturated rings. The Bertz CT molecular complexity index is 1430. The lowest BCUT2D eigenvalue weighted by atomic mass is 9.79. The SMILES string of the molecule is Cc1ccc(C(=O)NC[C@@H]2NC(=N)N3CC(NC(=O)c4cccc5c4OCCC5(C)C)[C@@H](O)C34NC(=N)N[C@@H]24)nn1. The minimum Gasteiger partial charge on any atom is -0.492 e. The lowest BCUT2D eigenvalue weighted by molar-refractivity contribution is 0.00611. The van der Waals surface area contributed by atoms with Gasteiger partial charge >= 0.3 is 0 Å². The number of aliphatic hydroxyl groups is 1. The summed E-state index contributed by atoms with van der Waals surface area (Å²) in [5.41, 5.74) is 0.751. The fourth-order valence-corrected chi connectivity index (χ4v) is 6.31. The third kappa shape index (κ3) is 4.29. The summed E-state index contributed by atoms with van der Waals surface area (Å²) in [6.07, 6.45) is -0.363. The van der Waals surface area contributed by atoms with Crippen molar-refractivity contribution in [3.05, 3.63) is 52.8 Å². The summed E-state index contributed by atoms with van der Waals surface area (Å²) in [4.78, 5) is 27.8. The fraction of sp³-hybridized carbons (Fsp3) is 0.481. The molecule has 5 atom stereocenters. The molecule has 2 aromatic rings. The Morgan fingerprint density at radius 1 is 1.17 bits per heavy atom. The van der Waals surface area contributed by atoms with Crippen molar-refractivity contribution in [3.8, 4) is 5.75 Å². The molecule has 5 heterocycles. The minimum atomic E-state index is -1.30. The highest BCUT2D eigenvalue weighted by Gasteiger charge is 2.66. The van der Waals surface area contributed by atoms with Crippen LogP contribution in [0.4, 0.5) is 0 Å². The molecule has 0 radical (unpaired) electrons. The highest BCUT2D eigenvalue weighted by Crippen LogP contribution is 2.41. The summed E-state index contributed by atoms with van der Waals surface area (Å²) in [6.45, 7) is 6.71. The summed E-state index contributed by atoms with van der Waals surface area (Å²) in [5, 5.41) is 51.5. The molecule has 14 heteroatoms. The lowest BCUT2D eigenvalue weighted by Crippen LogP contribution is -2.78. The quantitative estimate of drug-likeness (QED) is 0.227. The smallest absolute Gasteiger partial charge is 0.271 e. The predicted octanol–water partition coefficient (Wildman–Crippen LogP) is -0.851. The van der Waals surface area contributed by atoms with Crippen LogP contribution in [0, 0.1) is 17.7 Å². The largest absolute Gasteiger partial charge is 0.492 e. The Morgan fingerprint density at radius 2 is 1.98 bits per heavy atom. The molecule has 4 aliphatic heterocycles.